The van der Waals surface area contributed by atoms with Crippen LogP contribution in [0.1, 0.15) is 0 Å². The fraction of sp³-hybridized carbons (Fsp3) is 0. The van der Waals surface area contributed by atoms with Gasteiger partial charge in [-0.2, -0.15) is 0 Å². The van der Waals surface area contributed by atoms with E-state index in [1.165, 1.54) is 152 Å². The number of fused-ring (bicyclic) bond motifs is 12. The molecule has 1 heteroatoms. The minimum atomic E-state index is 1.19. The van der Waals surface area contributed by atoms with E-state index in [-0.39, 0.29) is 0 Å². The monoisotopic (exact) mass is 940 g/mol. The number of hydrogen-bond acceptors (Lipinski definition) is 1. The van der Waals surface area contributed by atoms with Crippen LogP contribution in [0.4, 0.5) is 0 Å². The Balaban J connectivity index is 0.926. The average Bonchev–Trinajstić information content (AvgIpc) is 3.84. The summed E-state index contributed by atoms with van der Waals surface area (Å²) in [6.45, 7) is 0. The molecule has 0 amide bonds. The molecule has 1 aromatic heterocycles. The van der Waals surface area contributed by atoms with Gasteiger partial charge in [0.15, 0.2) is 0 Å². The van der Waals surface area contributed by atoms with Gasteiger partial charge < -0.3 is 0 Å². The predicted molar refractivity (Wildman–Crippen MR) is 317 cm³/mol. The Morgan fingerprint density at radius 3 is 0.986 bits per heavy atom. The first-order chi connectivity index (χ1) is 36.2. The maximum absolute atomic E-state index is 2.46. The second-order valence-electron chi connectivity index (χ2n) is 19.5. The van der Waals surface area contributed by atoms with Crippen LogP contribution in [0, 0.1) is 0 Å². The lowest BCUT2D eigenvalue weighted by atomic mass is 9.89. The molecule has 15 aromatic rings. The summed E-state index contributed by atoms with van der Waals surface area (Å²) in [6.07, 6.45) is 0. The molecule has 1 heterocycles. The number of benzene rings is 14. The molecule has 0 aliphatic heterocycles. The van der Waals surface area contributed by atoms with Gasteiger partial charge in [0.2, 0.25) is 0 Å². The maximum Gasteiger partial charge on any atom is 0.0434 e. The lowest BCUT2D eigenvalue weighted by Gasteiger charge is -2.14. The standard InChI is InChI=1S/C72H44S/c1-4-25-56-52(16-1)40-65(62-31-10-7-28-59(56)62)48-21-13-19-45(36-48)47-34-35-71-69(39-47)70-44-55(46-20-14-22-49(37-46)66-41-53-17-2-5-26-57(53)60-29-8-11-32-63(60)66)43-68(72(70)73-71)51-24-15-23-50(38-51)67-42-54-18-3-6-27-58(54)61-30-9-12-33-64(61)67/h1-44H. The van der Waals surface area contributed by atoms with Crippen molar-refractivity contribution in [2.24, 2.45) is 0 Å². The summed E-state index contributed by atoms with van der Waals surface area (Å²) in [7, 11) is 0. The van der Waals surface area contributed by atoms with Gasteiger partial charge in [-0.25, -0.2) is 0 Å². The van der Waals surface area contributed by atoms with Crippen LogP contribution in [0.2, 0.25) is 0 Å². The molecule has 0 nitrogen and oxygen atoms in total. The van der Waals surface area contributed by atoms with E-state index in [2.05, 4.69) is 267 Å². The summed E-state index contributed by atoms with van der Waals surface area (Å²) in [4.78, 5) is 0. The summed E-state index contributed by atoms with van der Waals surface area (Å²) in [6, 6.07) is 99.6. The van der Waals surface area contributed by atoms with Gasteiger partial charge in [-0.1, -0.05) is 206 Å². The number of hydrogen-bond donors (Lipinski definition) is 0. The molecule has 0 N–H and O–H groups in total. The first-order valence-corrected chi connectivity index (χ1v) is 26.0. The van der Waals surface area contributed by atoms with Crippen LogP contribution in [-0.4, -0.2) is 0 Å². The molecule has 0 saturated carbocycles. The van der Waals surface area contributed by atoms with E-state index in [9.17, 15) is 0 Å². The van der Waals surface area contributed by atoms with Crippen LogP contribution >= 0.6 is 11.3 Å². The third-order valence-electron chi connectivity index (χ3n) is 15.4. The minimum absolute atomic E-state index is 1.19. The Hall–Kier alpha value is -9.14. The average molecular weight is 941 g/mol. The Labute approximate surface area is 427 Å². The van der Waals surface area contributed by atoms with Gasteiger partial charge in [0.25, 0.3) is 0 Å². The van der Waals surface area contributed by atoms with Crippen molar-refractivity contribution in [3.63, 3.8) is 0 Å². The van der Waals surface area contributed by atoms with Gasteiger partial charge in [0, 0.05) is 25.7 Å². The van der Waals surface area contributed by atoms with Crippen molar-refractivity contribution in [3.05, 3.63) is 267 Å². The zero-order valence-electron chi connectivity index (χ0n) is 39.8. The van der Waals surface area contributed by atoms with E-state index in [0.29, 0.717) is 0 Å². The van der Waals surface area contributed by atoms with Crippen LogP contribution in [0.25, 0.3) is 152 Å². The van der Waals surface area contributed by atoms with E-state index in [1.807, 2.05) is 11.3 Å². The summed E-state index contributed by atoms with van der Waals surface area (Å²) in [5.74, 6) is 0. The van der Waals surface area contributed by atoms with E-state index in [1.54, 1.807) is 0 Å². The van der Waals surface area contributed by atoms with Crippen molar-refractivity contribution in [1.82, 2.24) is 0 Å². The molecular weight excluding hydrogens is 897 g/mol. The van der Waals surface area contributed by atoms with Crippen molar-refractivity contribution >= 4 is 96.1 Å². The fourth-order valence-electron chi connectivity index (χ4n) is 11.9. The topological polar surface area (TPSA) is 0 Å². The number of thiophene rings is 1. The summed E-state index contributed by atoms with van der Waals surface area (Å²) < 4.78 is 2.58. The molecule has 0 atom stereocenters. The molecule has 0 bridgehead atoms. The van der Waals surface area contributed by atoms with Crippen LogP contribution in [0.3, 0.4) is 0 Å². The minimum Gasteiger partial charge on any atom is -0.135 e. The first kappa shape index (κ1) is 41.6. The second-order valence-corrected chi connectivity index (χ2v) is 20.6. The van der Waals surface area contributed by atoms with E-state index >= 15 is 0 Å². The normalized spacial score (nSPS) is 11.8. The van der Waals surface area contributed by atoms with Crippen LogP contribution in [0.15, 0.2) is 267 Å². The Morgan fingerprint density at radius 2 is 0.521 bits per heavy atom. The molecule has 0 aliphatic carbocycles. The largest absolute Gasteiger partial charge is 0.135 e. The number of rotatable bonds is 6. The second kappa shape index (κ2) is 16.7. The highest BCUT2D eigenvalue weighted by atomic mass is 32.1. The first-order valence-electron chi connectivity index (χ1n) is 25.2. The highest BCUT2D eigenvalue weighted by Crippen LogP contribution is 2.47. The predicted octanol–water partition coefficient (Wildman–Crippen LogP) is 21.0. The Bertz CT molecular complexity index is 4740. The molecule has 0 unspecified atom stereocenters. The van der Waals surface area contributed by atoms with Crippen molar-refractivity contribution in [2.45, 2.75) is 0 Å². The van der Waals surface area contributed by atoms with Crippen molar-refractivity contribution in [2.75, 3.05) is 0 Å². The summed E-state index contributed by atoms with van der Waals surface area (Å²) >= 11 is 1.90. The third-order valence-corrected chi connectivity index (χ3v) is 16.6. The van der Waals surface area contributed by atoms with Gasteiger partial charge >= 0.3 is 0 Å². The van der Waals surface area contributed by atoms with Gasteiger partial charge in [-0.15, -0.1) is 11.3 Å². The highest BCUT2D eigenvalue weighted by Gasteiger charge is 2.18. The Kier molecular flexibility index (Phi) is 9.55. The lowest BCUT2D eigenvalue weighted by molar-refractivity contribution is 1.61. The zero-order chi connectivity index (χ0) is 48.0. The SMILES string of the molecule is c1cc(-c2ccc3sc4c(-c5cccc(-c6cc7ccccc7c7ccccc67)c5)cc(-c5cccc(-c6cc7ccccc7c7ccccc67)c5)cc4c3c2)cc(-c2cc3ccccc3c3ccccc23)c1. The molecule has 0 saturated heterocycles. The van der Waals surface area contributed by atoms with Crippen LogP contribution < -0.4 is 0 Å². The molecule has 14 aromatic carbocycles. The molecule has 15 rings (SSSR count). The molecule has 0 spiro atoms. The van der Waals surface area contributed by atoms with Crippen LogP contribution in [-0.2, 0) is 0 Å². The molecule has 0 aliphatic rings. The van der Waals surface area contributed by atoms with E-state index in [0.717, 1.165) is 0 Å². The van der Waals surface area contributed by atoms with E-state index < -0.39 is 0 Å². The molecule has 338 valence electrons. The van der Waals surface area contributed by atoms with Crippen molar-refractivity contribution < 1.29 is 0 Å². The van der Waals surface area contributed by atoms with E-state index in [4.69, 9.17) is 0 Å². The molecule has 73 heavy (non-hydrogen) atoms. The summed E-state index contributed by atoms with van der Waals surface area (Å²) in [5.41, 5.74) is 14.7. The zero-order valence-corrected chi connectivity index (χ0v) is 40.6. The van der Waals surface area contributed by atoms with Gasteiger partial charge in [0.1, 0.15) is 0 Å². The molecule has 0 fully saturated rings. The van der Waals surface area contributed by atoms with Gasteiger partial charge in [-0.3, -0.25) is 0 Å². The fourth-order valence-corrected chi connectivity index (χ4v) is 13.1. The van der Waals surface area contributed by atoms with Crippen molar-refractivity contribution in [1.29, 1.82) is 0 Å². The molecular formula is C72H44S. The van der Waals surface area contributed by atoms with Crippen LogP contribution in [0.5, 0.6) is 0 Å². The summed E-state index contributed by atoms with van der Waals surface area (Å²) in [5, 5.41) is 17.8. The molecule has 0 radical (unpaired) electrons. The smallest absolute Gasteiger partial charge is 0.0434 e. The Morgan fingerprint density at radius 1 is 0.178 bits per heavy atom. The van der Waals surface area contributed by atoms with Crippen molar-refractivity contribution in [3.8, 4) is 66.8 Å². The lowest BCUT2D eigenvalue weighted by Crippen LogP contribution is -1.88. The quantitative estimate of drug-likeness (QED) is 0.146. The third kappa shape index (κ3) is 6.89. The maximum atomic E-state index is 2.46. The van der Waals surface area contributed by atoms with Gasteiger partial charge in [-0.05, 0) is 186 Å². The van der Waals surface area contributed by atoms with Gasteiger partial charge in [0.05, 0.1) is 0 Å². The highest BCUT2D eigenvalue weighted by molar-refractivity contribution is 7.26.